The quantitative estimate of drug-likeness (QED) is 0.355. The van der Waals surface area contributed by atoms with E-state index in [4.69, 9.17) is 14.2 Å². The number of halogens is 2. The first-order chi connectivity index (χ1) is 13.8. The molecule has 1 amide bonds. The van der Waals surface area contributed by atoms with Crippen molar-refractivity contribution in [2.24, 2.45) is 0 Å². The number of amides is 1. The summed E-state index contributed by atoms with van der Waals surface area (Å²) in [5.74, 6) is -1.77. The minimum absolute atomic E-state index is 0.0988. The normalized spacial score (nSPS) is 10.2. The summed E-state index contributed by atoms with van der Waals surface area (Å²) in [6.07, 6.45) is 0. The number of nitro benzene ring substituents is 1. The number of hydrogen-bond donors (Lipinski definition) is 1. The smallest absolute Gasteiger partial charge is 0.338 e. The van der Waals surface area contributed by atoms with Gasteiger partial charge in [-0.15, -0.1) is 0 Å². The molecule has 0 atom stereocenters. The van der Waals surface area contributed by atoms with Crippen molar-refractivity contribution in [1.82, 2.24) is 0 Å². The molecule has 0 heterocycles. The van der Waals surface area contributed by atoms with Gasteiger partial charge in [-0.2, -0.15) is 0 Å². The van der Waals surface area contributed by atoms with Gasteiger partial charge in [-0.1, -0.05) is 0 Å². The van der Waals surface area contributed by atoms with Gasteiger partial charge in [-0.3, -0.25) is 14.9 Å². The third kappa shape index (κ3) is 5.64. The summed E-state index contributed by atoms with van der Waals surface area (Å²) in [7, 11) is 1.44. The highest BCUT2D eigenvalue weighted by molar-refractivity contribution is 9.10. The van der Waals surface area contributed by atoms with Crippen LogP contribution in [0.4, 0.5) is 15.8 Å². The number of nitrogens with zero attached hydrogens (tertiary/aromatic N) is 1. The third-order valence-corrected chi connectivity index (χ3v) is 4.10. The Morgan fingerprint density at radius 3 is 2.62 bits per heavy atom. The second kappa shape index (κ2) is 9.82. The Morgan fingerprint density at radius 2 is 2.00 bits per heavy atom. The number of carbonyl (C=O) groups excluding carboxylic acids is 2. The van der Waals surface area contributed by atoms with E-state index in [0.717, 1.165) is 12.1 Å². The first-order valence-corrected chi connectivity index (χ1v) is 8.97. The van der Waals surface area contributed by atoms with E-state index in [1.165, 1.54) is 19.2 Å². The fraction of sp³-hybridized carbons (Fsp3) is 0.222. The molecule has 9 nitrogen and oxygen atoms in total. The number of rotatable bonds is 8. The molecule has 0 aliphatic heterocycles. The highest BCUT2D eigenvalue weighted by Gasteiger charge is 2.20. The Balaban J connectivity index is 2.08. The molecular formula is C18H16BrFN2O7. The standard InChI is InChI=1S/C18H16BrFN2O7/c1-3-28-15-7-10(6-12(19)17(15)27-2)18(24)29-9-16(23)21-13-5-4-11(20)8-14(13)22(25)26/h4-8H,3,9H2,1-2H3,(H,21,23). The van der Waals surface area contributed by atoms with E-state index in [-0.39, 0.29) is 11.3 Å². The molecule has 11 heteroatoms. The lowest BCUT2D eigenvalue weighted by molar-refractivity contribution is -0.384. The Hall–Kier alpha value is -3.21. The summed E-state index contributed by atoms with van der Waals surface area (Å²) in [4.78, 5) is 34.4. The number of benzene rings is 2. The van der Waals surface area contributed by atoms with E-state index in [9.17, 15) is 24.1 Å². The van der Waals surface area contributed by atoms with E-state index < -0.39 is 34.9 Å². The van der Waals surface area contributed by atoms with E-state index in [0.29, 0.717) is 28.6 Å². The molecule has 0 unspecified atom stereocenters. The van der Waals surface area contributed by atoms with Crippen LogP contribution in [0.1, 0.15) is 17.3 Å². The first kappa shape index (κ1) is 22.1. The van der Waals surface area contributed by atoms with Gasteiger partial charge < -0.3 is 19.5 Å². The first-order valence-electron chi connectivity index (χ1n) is 8.18. The van der Waals surface area contributed by atoms with Crippen molar-refractivity contribution < 1.29 is 33.1 Å². The minimum Gasteiger partial charge on any atom is -0.492 e. The maximum atomic E-state index is 13.2. The van der Waals surface area contributed by atoms with Crippen LogP contribution in [0.2, 0.25) is 0 Å². The summed E-state index contributed by atoms with van der Waals surface area (Å²) in [6.45, 7) is 1.39. The molecule has 2 aromatic rings. The molecule has 2 rings (SSSR count). The van der Waals surface area contributed by atoms with E-state index in [1.54, 1.807) is 6.92 Å². The summed E-state index contributed by atoms with van der Waals surface area (Å²) in [6, 6.07) is 5.51. The third-order valence-electron chi connectivity index (χ3n) is 3.51. The number of nitrogens with one attached hydrogen (secondary N) is 1. The molecule has 0 aliphatic carbocycles. The lowest BCUT2D eigenvalue weighted by Crippen LogP contribution is -2.21. The van der Waals surface area contributed by atoms with Crippen LogP contribution >= 0.6 is 15.9 Å². The Morgan fingerprint density at radius 1 is 1.28 bits per heavy atom. The van der Waals surface area contributed by atoms with Crippen molar-refractivity contribution in [2.75, 3.05) is 25.6 Å². The van der Waals surface area contributed by atoms with Gasteiger partial charge in [0.05, 0.1) is 34.7 Å². The zero-order chi connectivity index (χ0) is 21.6. The van der Waals surface area contributed by atoms with Crippen LogP contribution in [0, 0.1) is 15.9 Å². The molecule has 0 radical (unpaired) electrons. The van der Waals surface area contributed by atoms with Crippen LogP contribution in [0.25, 0.3) is 0 Å². The van der Waals surface area contributed by atoms with Crippen LogP contribution in [-0.4, -0.2) is 37.1 Å². The molecule has 2 aromatic carbocycles. The molecule has 0 spiro atoms. The molecule has 29 heavy (non-hydrogen) atoms. The van der Waals surface area contributed by atoms with Crippen LogP contribution in [0.15, 0.2) is 34.8 Å². The van der Waals surface area contributed by atoms with Gasteiger partial charge in [0.2, 0.25) is 0 Å². The van der Waals surface area contributed by atoms with E-state index in [2.05, 4.69) is 21.2 Å². The highest BCUT2D eigenvalue weighted by atomic mass is 79.9. The van der Waals surface area contributed by atoms with Gasteiger partial charge in [0, 0.05) is 0 Å². The summed E-state index contributed by atoms with van der Waals surface area (Å²) >= 11 is 3.26. The second-order valence-electron chi connectivity index (χ2n) is 5.47. The molecule has 154 valence electrons. The molecule has 1 N–H and O–H groups in total. The van der Waals surface area contributed by atoms with E-state index in [1.807, 2.05) is 0 Å². The zero-order valence-corrected chi connectivity index (χ0v) is 16.9. The lowest BCUT2D eigenvalue weighted by atomic mass is 10.2. The largest absolute Gasteiger partial charge is 0.492 e. The molecule has 0 fully saturated rings. The second-order valence-corrected chi connectivity index (χ2v) is 6.32. The van der Waals surface area contributed by atoms with Crippen molar-refractivity contribution in [3.63, 3.8) is 0 Å². The van der Waals surface area contributed by atoms with Crippen molar-refractivity contribution >= 4 is 39.2 Å². The average molecular weight is 471 g/mol. The zero-order valence-electron chi connectivity index (χ0n) is 15.4. The molecule has 0 aliphatic rings. The number of anilines is 1. The number of ether oxygens (including phenoxy) is 3. The van der Waals surface area contributed by atoms with Crippen LogP contribution in [0.3, 0.4) is 0 Å². The summed E-state index contributed by atoms with van der Waals surface area (Å²) in [5.41, 5.74) is -0.741. The van der Waals surface area contributed by atoms with Crippen LogP contribution in [0.5, 0.6) is 11.5 Å². The lowest BCUT2D eigenvalue weighted by Gasteiger charge is -2.13. The fourth-order valence-corrected chi connectivity index (χ4v) is 2.91. The molecule has 0 saturated heterocycles. The number of methoxy groups -OCH3 is 1. The predicted octanol–water partition coefficient (Wildman–Crippen LogP) is 3.70. The Labute approximate surface area is 173 Å². The monoisotopic (exact) mass is 470 g/mol. The van der Waals surface area contributed by atoms with Gasteiger partial charge in [0.25, 0.3) is 11.6 Å². The van der Waals surface area contributed by atoms with Gasteiger partial charge in [0.1, 0.15) is 11.5 Å². The molecule has 0 bridgehead atoms. The van der Waals surface area contributed by atoms with Crippen molar-refractivity contribution in [3.8, 4) is 11.5 Å². The summed E-state index contributed by atoms with van der Waals surface area (Å²) < 4.78 is 29.1. The van der Waals surface area contributed by atoms with Gasteiger partial charge in [-0.05, 0) is 47.1 Å². The van der Waals surface area contributed by atoms with E-state index >= 15 is 0 Å². The van der Waals surface area contributed by atoms with Gasteiger partial charge in [0.15, 0.2) is 18.1 Å². The highest BCUT2D eigenvalue weighted by Crippen LogP contribution is 2.36. The summed E-state index contributed by atoms with van der Waals surface area (Å²) in [5, 5.41) is 13.2. The van der Waals surface area contributed by atoms with Crippen LogP contribution in [-0.2, 0) is 9.53 Å². The number of hydrogen-bond acceptors (Lipinski definition) is 7. The Kier molecular flexibility index (Phi) is 7.48. The Bertz CT molecular complexity index is 952. The maximum absolute atomic E-state index is 13.2. The number of esters is 1. The molecule has 0 saturated carbocycles. The fourth-order valence-electron chi connectivity index (χ4n) is 2.31. The van der Waals surface area contributed by atoms with Crippen molar-refractivity contribution in [3.05, 3.63) is 56.3 Å². The maximum Gasteiger partial charge on any atom is 0.338 e. The predicted molar refractivity (Wildman–Crippen MR) is 104 cm³/mol. The molecular weight excluding hydrogens is 455 g/mol. The van der Waals surface area contributed by atoms with Crippen molar-refractivity contribution in [1.29, 1.82) is 0 Å². The number of nitro groups is 1. The molecule has 0 aromatic heterocycles. The average Bonchev–Trinajstić information content (AvgIpc) is 2.67. The van der Waals surface area contributed by atoms with Crippen molar-refractivity contribution in [2.45, 2.75) is 6.92 Å². The van der Waals surface area contributed by atoms with Crippen LogP contribution < -0.4 is 14.8 Å². The SMILES string of the molecule is CCOc1cc(C(=O)OCC(=O)Nc2ccc(F)cc2[N+](=O)[O-])cc(Br)c1OC. The van der Waals surface area contributed by atoms with Gasteiger partial charge in [-0.25, -0.2) is 9.18 Å². The minimum atomic E-state index is -0.838. The van der Waals surface area contributed by atoms with Gasteiger partial charge >= 0.3 is 5.97 Å². The number of carbonyl (C=O) groups is 2. The topological polar surface area (TPSA) is 117 Å².